The normalized spacial score (nSPS) is 29.0. The van der Waals surface area contributed by atoms with Gasteiger partial charge in [-0.25, -0.2) is 9.13 Å². The van der Waals surface area contributed by atoms with Crippen molar-refractivity contribution < 1.29 is 19.5 Å². The van der Waals surface area contributed by atoms with E-state index in [2.05, 4.69) is 24.6 Å². The molecular formula is C14H25N3O3PS+. The molecule has 0 radical (unpaired) electrons. The first-order chi connectivity index (χ1) is 10.1. The van der Waals surface area contributed by atoms with E-state index < -0.39 is 25.3 Å². The first kappa shape index (κ1) is 17.8. The summed E-state index contributed by atoms with van der Waals surface area (Å²) in [6.45, 7) is 4.90. The Hall–Kier alpha value is -0.590. The van der Waals surface area contributed by atoms with Crippen molar-refractivity contribution in [1.29, 1.82) is 0 Å². The molecule has 6 nitrogen and oxygen atoms in total. The van der Waals surface area contributed by atoms with E-state index in [-0.39, 0.29) is 6.10 Å². The summed E-state index contributed by atoms with van der Waals surface area (Å²) < 4.78 is 9.77. The highest BCUT2D eigenvalue weighted by molar-refractivity contribution is 7.72. The minimum Gasteiger partial charge on any atom is -0.387 e. The third-order valence-corrected chi connectivity index (χ3v) is 5.71. The Balaban J connectivity index is 2.21. The second-order valence-electron chi connectivity index (χ2n) is 6.57. The van der Waals surface area contributed by atoms with Gasteiger partial charge in [-0.15, -0.1) is 13.2 Å². The minimum absolute atomic E-state index is 0.388. The average Bonchev–Trinajstić information content (AvgIpc) is 2.68. The van der Waals surface area contributed by atoms with E-state index >= 15 is 0 Å². The van der Waals surface area contributed by atoms with Gasteiger partial charge >= 0.3 is 4.77 Å². The molecule has 1 aromatic heterocycles. The number of ether oxygens (including phenoxy) is 1. The van der Waals surface area contributed by atoms with Crippen molar-refractivity contribution in [3.8, 4) is 0 Å². The Bertz CT molecular complexity index is 657. The average molecular weight is 346 g/mol. The van der Waals surface area contributed by atoms with E-state index in [1.165, 1.54) is 0 Å². The van der Waals surface area contributed by atoms with Gasteiger partial charge in [0.15, 0.2) is 6.33 Å². The third kappa shape index (κ3) is 3.84. The van der Waals surface area contributed by atoms with Crippen LogP contribution >= 0.6 is 19.1 Å². The molecule has 1 fully saturated rings. The standard InChI is InChI=1S/C14H25N3O3PS/c1-9-15-14(22)16(2)8-17(9)13-12(19)11(18)10(20-13)6-7-21(3,4)5/h8,10-13,18-19H,3,6-7H2,1-2,4-5H3/q+1/t10-,11-,12-,13?/m1/s1. The number of aryl methyl sites for hydroxylation is 2. The molecule has 0 saturated carbocycles. The van der Waals surface area contributed by atoms with Crippen molar-refractivity contribution in [1.82, 2.24) is 9.55 Å². The predicted octanol–water partition coefficient (Wildman–Crippen LogP) is 0.464. The highest BCUT2D eigenvalue weighted by Crippen LogP contribution is 2.39. The maximum atomic E-state index is 10.3. The topological polar surface area (TPSA) is 71.4 Å². The van der Waals surface area contributed by atoms with Crippen molar-refractivity contribution in [3.63, 3.8) is 0 Å². The molecule has 1 saturated heterocycles. The molecule has 2 rings (SSSR count). The lowest BCUT2D eigenvalue weighted by molar-refractivity contribution is -0.686. The smallest absolute Gasteiger partial charge is 0.333 e. The first-order valence-electron chi connectivity index (χ1n) is 7.24. The van der Waals surface area contributed by atoms with Crippen molar-refractivity contribution in [2.75, 3.05) is 19.5 Å². The molecule has 124 valence electrons. The number of hydrogen-bond donors (Lipinski definition) is 2. The molecule has 8 heteroatoms. The molecule has 0 aliphatic carbocycles. The second kappa shape index (κ2) is 6.49. The van der Waals surface area contributed by atoms with E-state index in [9.17, 15) is 10.2 Å². The maximum Gasteiger partial charge on any atom is 0.333 e. The van der Waals surface area contributed by atoms with Gasteiger partial charge in [-0.2, -0.15) is 0 Å². The van der Waals surface area contributed by atoms with Crippen LogP contribution in [0, 0.1) is 11.7 Å². The number of aliphatic hydroxyl groups is 2. The van der Waals surface area contributed by atoms with Crippen LogP contribution in [0.2, 0.25) is 0 Å². The SMILES string of the molecule is C=P(C)(C)CC[C@H]1OC(n2c[n+](C)c(=S)nc2C)[C@H](O)[C@@H]1O. The van der Waals surface area contributed by atoms with Crippen LogP contribution in [0.3, 0.4) is 0 Å². The summed E-state index contributed by atoms with van der Waals surface area (Å²) >= 11 is 5.12. The van der Waals surface area contributed by atoms with Gasteiger partial charge in [0.1, 0.15) is 12.2 Å². The number of aromatic nitrogens is 3. The van der Waals surface area contributed by atoms with Crippen molar-refractivity contribution in [3.05, 3.63) is 16.9 Å². The summed E-state index contributed by atoms with van der Waals surface area (Å²) in [7, 11) is 1.79. The fraction of sp³-hybridized carbons (Fsp3) is 0.714. The number of rotatable bonds is 4. The van der Waals surface area contributed by atoms with Gasteiger partial charge in [-0.3, -0.25) is 0 Å². The molecule has 2 heterocycles. The number of hydrogen-bond acceptors (Lipinski definition) is 5. The molecular weight excluding hydrogens is 321 g/mol. The van der Waals surface area contributed by atoms with Gasteiger partial charge in [-0.05, 0) is 38.1 Å². The van der Waals surface area contributed by atoms with Crippen LogP contribution in [0.4, 0.5) is 0 Å². The van der Waals surface area contributed by atoms with Gasteiger partial charge in [0.2, 0.25) is 12.1 Å². The van der Waals surface area contributed by atoms with Gasteiger partial charge in [0.05, 0.1) is 13.2 Å². The van der Waals surface area contributed by atoms with E-state index in [1.54, 1.807) is 29.4 Å². The zero-order valence-electron chi connectivity index (χ0n) is 13.5. The van der Waals surface area contributed by atoms with Gasteiger partial charge in [-0.1, -0.05) is 4.98 Å². The summed E-state index contributed by atoms with van der Waals surface area (Å²) in [6, 6.07) is 0. The zero-order valence-corrected chi connectivity index (χ0v) is 15.2. The van der Waals surface area contributed by atoms with Crippen LogP contribution in [0.15, 0.2) is 6.33 Å². The Kier molecular flexibility index (Phi) is 5.24. The monoisotopic (exact) mass is 346 g/mol. The molecule has 4 atom stereocenters. The Morgan fingerprint density at radius 2 is 2.09 bits per heavy atom. The molecule has 1 unspecified atom stereocenters. The highest BCUT2D eigenvalue weighted by Gasteiger charge is 2.45. The zero-order chi connectivity index (χ0) is 16.7. The first-order valence-corrected chi connectivity index (χ1v) is 10.7. The Morgan fingerprint density at radius 1 is 1.45 bits per heavy atom. The lowest BCUT2D eigenvalue weighted by Gasteiger charge is -2.18. The molecule has 1 aliphatic rings. The van der Waals surface area contributed by atoms with Crippen LogP contribution in [0.1, 0.15) is 18.5 Å². The van der Waals surface area contributed by atoms with Crippen LogP contribution in [0.25, 0.3) is 0 Å². The van der Waals surface area contributed by atoms with Crippen molar-refractivity contribution in [2.45, 2.75) is 37.9 Å². The van der Waals surface area contributed by atoms with E-state index in [0.29, 0.717) is 17.0 Å². The summed E-state index contributed by atoms with van der Waals surface area (Å²) in [4.78, 5) is 4.25. The fourth-order valence-electron chi connectivity index (χ4n) is 2.52. The highest BCUT2D eigenvalue weighted by atomic mass is 32.1. The molecule has 0 aromatic carbocycles. The number of nitrogens with zero attached hydrogens (tertiary/aromatic N) is 3. The quantitative estimate of drug-likeness (QED) is 0.471. The Morgan fingerprint density at radius 3 is 2.68 bits per heavy atom. The predicted molar refractivity (Wildman–Crippen MR) is 90.3 cm³/mol. The largest absolute Gasteiger partial charge is 0.387 e. The molecule has 0 amide bonds. The van der Waals surface area contributed by atoms with Gasteiger partial charge < -0.3 is 14.9 Å². The third-order valence-electron chi connectivity index (χ3n) is 3.86. The minimum atomic E-state index is -1.19. The molecule has 22 heavy (non-hydrogen) atoms. The van der Waals surface area contributed by atoms with E-state index in [4.69, 9.17) is 17.0 Å². The van der Waals surface area contributed by atoms with Gasteiger partial charge in [0.25, 0.3) is 0 Å². The Labute approximate surface area is 136 Å². The molecule has 1 aliphatic heterocycles. The van der Waals surface area contributed by atoms with Crippen molar-refractivity contribution >= 4 is 25.4 Å². The molecule has 2 N–H and O–H groups in total. The van der Waals surface area contributed by atoms with Crippen LogP contribution in [-0.2, 0) is 11.8 Å². The summed E-state index contributed by atoms with van der Waals surface area (Å²) in [5.74, 6) is 0.644. The van der Waals surface area contributed by atoms with Crippen molar-refractivity contribution in [2.24, 2.45) is 7.05 Å². The van der Waals surface area contributed by atoms with E-state index in [1.807, 2.05) is 0 Å². The fourth-order valence-corrected chi connectivity index (χ4v) is 3.65. The molecule has 0 bridgehead atoms. The maximum absolute atomic E-state index is 10.3. The lowest BCUT2D eigenvalue weighted by atomic mass is 10.1. The summed E-state index contributed by atoms with van der Waals surface area (Å²) in [5, 5.41) is 20.6. The molecule has 1 aromatic rings. The lowest BCUT2D eigenvalue weighted by Crippen LogP contribution is -2.38. The van der Waals surface area contributed by atoms with Crippen LogP contribution in [0.5, 0.6) is 0 Å². The van der Waals surface area contributed by atoms with Crippen LogP contribution in [-0.4, -0.2) is 63.9 Å². The second-order valence-corrected chi connectivity index (χ2v) is 11.3. The summed E-state index contributed by atoms with van der Waals surface area (Å²) in [5.41, 5.74) is 0. The van der Waals surface area contributed by atoms with E-state index in [0.717, 1.165) is 6.16 Å². The molecule has 0 spiro atoms. The van der Waals surface area contributed by atoms with Gasteiger partial charge in [0, 0.05) is 6.92 Å². The summed E-state index contributed by atoms with van der Waals surface area (Å²) in [6.07, 6.45) is 4.58. The van der Waals surface area contributed by atoms with Crippen LogP contribution < -0.4 is 4.57 Å². The number of aliphatic hydroxyl groups excluding tert-OH is 2.